The summed E-state index contributed by atoms with van der Waals surface area (Å²) in [5.41, 5.74) is 1.90. The summed E-state index contributed by atoms with van der Waals surface area (Å²) in [5, 5.41) is 0.610. The first-order chi connectivity index (χ1) is 14.4. The maximum absolute atomic E-state index is 12.9. The van der Waals surface area contributed by atoms with E-state index in [0.717, 1.165) is 17.2 Å². The van der Waals surface area contributed by atoms with Crippen LogP contribution in [0.2, 0.25) is 5.02 Å². The molecule has 1 aromatic heterocycles. The fourth-order valence-electron chi connectivity index (χ4n) is 2.73. The van der Waals surface area contributed by atoms with Crippen molar-refractivity contribution in [3.05, 3.63) is 71.5 Å². The second kappa shape index (κ2) is 9.93. The highest BCUT2D eigenvalue weighted by Crippen LogP contribution is 2.36. The minimum absolute atomic E-state index is 0.0231. The highest BCUT2D eigenvalue weighted by Gasteiger charge is 2.32. The molecule has 2 aromatic carbocycles. The third-order valence-electron chi connectivity index (χ3n) is 4.25. The lowest BCUT2D eigenvalue weighted by Gasteiger charge is -2.14. The standard InChI is InChI=1S/C22H19ClF3NO3/c1-28-10-11-29-14-30-20-8-4-16(15-2-6-18(23)7-3-15)12-19(20)17-5-9-21(27-13-17)22(24,25)26/h2-9,12-13H,10-11,14H2,1H3. The lowest BCUT2D eigenvalue weighted by Crippen LogP contribution is -2.09. The number of benzene rings is 2. The first-order valence-corrected chi connectivity index (χ1v) is 9.39. The lowest BCUT2D eigenvalue weighted by molar-refractivity contribution is -0.141. The van der Waals surface area contributed by atoms with Crippen molar-refractivity contribution in [3.63, 3.8) is 0 Å². The van der Waals surface area contributed by atoms with Gasteiger partial charge in [0.1, 0.15) is 11.4 Å². The molecule has 0 fully saturated rings. The summed E-state index contributed by atoms with van der Waals surface area (Å²) in [5.74, 6) is 0.465. The van der Waals surface area contributed by atoms with Crippen molar-refractivity contribution in [3.8, 4) is 28.0 Å². The van der Waals surface area contributed by atoms with Gasteiger partial charge in [0, 0.05) is 29.5 Å². The second-order valence-electron chi connectivity index (χ2n) is 6.31. The van der Waals surface area contributed by atoms with Crippen LogP contribution in [0.15, 0.2) is 60.8 Å². The van der Waals surface area contributed by atoms with Crippen LogP contribution in [-0.2, 0) is 15.7 Å². The third kappa shape index (κ3) is 5.72. The Balaban J connectivity index is 1.93. The Hall–Kier alpha value is -2.61. The molecular weight excluding hydrogens is 419 g/mol. The zero-order chi connectivity index (χ0) is 21.6. The molecule has 0 aliphatic heterocycles. The molecule has 0 saturated heterocycles. The van der Waals surface area contributed by atoms with Crippen LogP contribution in [0.3, 0.4) is 0 Å². The van der Waals surface area contributed by atoms with Gasteiger partial charge in [0.25, 0.3) is 0 Å². The van der Waals surface area contributed by atoms with E-state index in [1.165, 1.54) is 12.3 Å². The smallest absolute Gasteiger partial charge is 0.433 e. The molecule has 158 valence electrons. The molecule has 0 radical (unpaired) electrons. The average molecular weight is 438 g/mol. The van der Waals surface area contributed by atoms with Crippen LogP contribution >= 0.6 is 11.6 Å². The van der Waals surface area contributed by atoms with Gasteiger partial charge >= 0.3 is 6.18 Å². The number of alkyl halides is 3. The molecule has 8 heteroatoms. The normalized spacial score (nSPS) is 11.5. The van der Waals surface area contributed by atoms with Crippen LogP contribution in [0.1, 0.15) is 5.69 Å². The molecule has 3 rings (SSSR count). The van der Waals surface area contributed by atoms with E-state index in [1.807, 2.05) is 24.3 Å². The van der Waals surface area contributed by atoms with Gasteiger partial charge in [-0.25, -0.2) is 0 Å². The van der Waals surface area contributed by atoms with E-state index >= 15 is 0 Å². The summed E-state index contributed by atoms with van der Waals surface area (Å²) < 4.78 is 54.5. The summed E-state index contributed by atoms with van der Waals surface area (Å²) in [6, 6.07) is 15.0. The molecule has 4 nitrogen and oxygen atoms in total. The number of pyridine rings is 1. The van der Waals surface area contributed by atoms with Crippen molar-refractivity contribution < 1.29 is 27.4 Å². The predicted molar refractivity (Wildman–Crippen MR) is 108 cm³/mol. The first kappa shape index (κ1) is 22.1. The van der Waals surface area contributed by atoms with Crippen molar-refractivity contribution in [1.29, 1.82) is 0 Å². The zero-order valence-corrected chi connectivity index (χ0v) is 16.8. The lowest BCUT2D eigenvalue weighted by atomic mass is 9.99. The third-order valence-corrected chi connectivity index (χ3v) is 4.50. The molecule has 0 N–H and O–H groups in total. The molecule has 0 aliphatic rings. The van der Waals surface area contributed by atoms with Crippen molar-refractivity contribution in [2.45, 2.75) is 6.18 Å². The zero-order valence-electron chi connectivity index (χ0n) is 16.1. The number of halogens is 4. The average Bonchev–Trinajstić information content (AvgIpc) is 2.74. The molecule has 0 spiro atoms. The Morgan fingerprint density at radius 1 is 0.900 bits per heavy atom. The van der Waals surface area contributed by atoms with Crippen molar-refractivity contribution in [2.24, 2.45) is 0 Å². The van der Waals surface area contributed by atoms with E-state index in [4.69, 9.17) is 25.8 Å². The quantitative estimate of drug-likeness (QED) is 0.316. The van der Waals surface area contributed by atoms with Gasteiger partial charge in [-0.15, -0.1) is 0 Å². The molecule has 1 heterocycles. The summed E-state index contributed by atoms with van der Waals surface area (Å²) in [6.07, 6.45) is -3.32. The number of methoxy groups -OCH3 is 1. The number of hydrogen-bond acceptors (Lipinski definition) is 4. The molecule has 0 saturated carbocycles. The van der Waals surface area contributed by atoms with Crippen LogP contribution in [0.4, 0.5) is 13.2 Å². The van der Waals surface area contributed by atoms with E-state index in [0.29, 0.717) is 35.1 Å². The fraction of sp³-hybridized carbons (Fsp3) is 0.227. The SMILES string of the molecule is COCCOCOc1ccc(-c2ccc(Cl)cc2)cc1-c1ccc(C(F)(F)F)nc1. The maximum atomic E-state index is 12.9. The van der Waals surface area contributed by atoms with E-state index in [9.17, 15) is 13.2 Å². The minimum Gasteiger partial charge on any atom is -0.467 e. The number of rotatable bonds is 8. The van der Waals surface area contributed by atoms with Gasteiger partial charge in [-0.3, -0.25) is 4.98 Å². The number of nitrogens with zero attached hydrogens (tertiary/aromatic N) is 1. The van der Waals surface area contributed by atoms with E-state index < -0.39 is 11.9 Å². The van der Waals surface area contributed by atoms with E-state index in [-0.39, 0.29) is 6.79 Å². The van der Waals surface area contributed by atoms with Crippen molar-refractivity contribution >= 4 is 11.6 Å². The van der Waals surface area contributed by atoms with E-state index in [1.54, 1.807) is 25.3 Å². The molecular formula is C22H19ClF3NO3. The molecule has 3 aromatic rings. The highest BCUT2D eigenvalue weighted by atomic mass is 35.5. The number of aromatic nitrogens is 1. The summed E-state index contributed by atoms with van der Waals surface area (Å²) >= 11 is 5.95. The maximum Gasteiger partial charge on any atom is 0.433 e. The van der Waals surface area contributed by atoms with Crippen LogP contribution in [0.25, 0.3) is 22.3 Å². The largest absolute Gasteiger partial charge is 0.467 e. The first-order valence-electron chi connectivity index (χ1n) is 9.01. The predicted octanol–water partition coefficient (Wildman–Crippen LogP) is 6.09. The molecule has 0 amide bonds. The second-order valence-corrected chi connectivity index (χ2v) is 6.75. The van der Waals surface area contributed by atoms with Crippen molar-refractivity contribution in [2.75, 3.05) is 27.1 Å². The van der Waals surface area contributed by atoms with E-state index in [2.05, 4.69) is 4.98 Å². The molecule has 30 heavy (non-hydrogen) atoms. The Morgan fingerprint density at radius 2 is 1.60 bits per heavy atom. The highest BCUT2D eigenvalue weighted by molar-refractivity contribution is 6.30. The summed E-state index contributed by atoms with van der Waals surface area (Å²) in [7, 11) is 1.56. The van der Waals surface area contributed by atoms with Crippen LogP contribution in [0, 0.1) is 0 Å². The topological polar surface area (TPSA) is 40.6 Å². The Labute approximate surface area is 177 Å². The Bertz CT molecular complexity index is 961. The van der Waals surface area contributed by atoms with Gasteiger partial charge in [-0.1, -0.05) is 35.9 Å². The Morgan fingerprint density at radius 3 is 2.23 bits per heavy atom. The van der Waals surface area contributed by atoms with Gasteiger partial charge < -0.3 is 14.2 Å². The van der Waals surface area contributed by atoms with Gasteiger partial charge in [0.05, 0.1) is 13.2 Å². The van der Waals surface area contributed by atoms with Crippen LogP contribution in [-0.4, -0.2) is 32.1 Å². The van der Waals surface area contributed by atoms with Gasteiger partial charge in [-0.2, -0.15) is 13.2 Å². The minimum atomic E-state index is -4.50. The summed E-state index contributed by atoms with van der Waals surface area (Å²) in [4.78, 5) is 3.56. The van der Waals surface area contributed by atoms with Crippen LogP contribution in [0.5, 0.6) is 5.75 Å². The molecule has 0 atom stereocenters. The van der Waals surface area contributed by atoms with Crippen molar-refractivity contribution in [1.82, 2.24) is 4.98 Å². The Kier molecular flexibility index (Phi) is 7.31. The van der Waals surface area contributed by atoms with Gasteiger partial charge in [0.2, 0.25) is 0 Å². The fourth-order valence-corrected chi connectivity index (χ4v) is 2.86. The van der Waals surface area contributed by atoms with Gasteiger partial charge in [0.15, 0.2) is 6.79 Å². The van der Waals surface area contributed by atoms with Crippen LogP contribution < -0.4 is 4.74 Å². The monoisotopic (exact) mass is 437 g/mol. The number of hydrogen-bond donors (Lipinski definition) is 0. The molecule has 0 aliphatic carbocycles. The summed E-state index contributed by atoms with van der Waals surface area (Å²) in [6.45, 7) is 0.760. The number of ether oxygens (including phenoxy) is 3. The molecule has 0 bridgehead atoms. The molecule has 0 unspecified atom stereocenters. The van der Waals surface area contributed by atoms with Gasteiger partial charge in [-0.05, 0) is 41.5 Å².